The van der Waals surface area contributed by atoms with Gasteiger partial charge in [-0.2, -0.15) is 0 Å². The third-order valence-electron chi connectivity index (χ3n) is 5.14. The highest BCUT2D eigenvalue weighted by molar-refractivity contribution is 7.10. The number of benzene rings is 1. The first kappa shape index (κ1) is 16.6. The molecule has 1 aliphatic carbocycles. The molecule has 1 amide bonds. The number of fused-ring (bicyclic) bond motifs is 1. The number of ether oxygens (including phenoxy) is 1. The molecule has 0 bridgehead atoms. The van der Waals surface area contributed by atoms with Gasteiger partial charge < -0.3 is 10.1 Å². The highest BCUT2D eigenvalue weighted by Crippen LogP contribution is 2.41. The maximum absolute atomic E-state index is 12.6. The molecule has 1 N–H and O–H groups in total. The minimum absolute atomic E-state index is 0.125. The molecule has 1 fully saturated rings. The van der Waals surface area contributed by atoms with Crippen LogP contribution in [0.5, 0.6) is 5.75 Å². The third kappa shape index (κ3) is 3.88. The highest BCUT2D eigenvalue weighted by atomic mass is 32.1. The molecule has 0 saturated heterocycles. The summed E-state index contributed by atoms with van der Waals surface area (Å²) >= 11 is 1.83. The Hall–Kier alpha value is -1.85. The second-order valence-electron chi connectivity index (χ2n) is 6.99. The van der Waals surface area contributed by atoms with E-state index in [4.69, 9.17) is 4.74 Å². The van der Waals surface area contributed by atoms with Crippen LogP contribution in [0.25, 0.3) is 0 Å². The average Bonchev–Trinajstić information content (AvgIpc) is 3.37. The number of thiophene rings is 1. The Morgan fingerprint density at radius 2 is 2.12 bits per heavy atom. The van der Waals surface area contributed by atoms with E-state index in [1.165, 1.54) is 28.8 Å². The summed E-state index contributed by atoms with van der Waals surface area (Å²) in [6.07, 6.45) is 3.45. The van der Waals surface area contributed by atoms with Gasteiger partial charge in [0.15, 0.2) is 0 Å². The summed E-state index contributed by atoms with van der Waals surface area (Å²) < 4.78 is 5.24. The SMILES string of the molecule is COc1ccc(C(NC(=O)CN2CCc3sccc3C2)C2CC2)cc1. The topological polar surface area (TPSA) is 41.6 Å². The van der Waals surface area contributed by atoms with Gasteiger partial charge in [-0.15, -0.1) is 11.3 Å². The van der Waals surface area contributed by atoms with Crippen molar-refractivity contribution in [2.45, 2.75) is 31.8 Å². The van der Waals surface area contributed by atoms with Gasteiger partial charge in [-0.3, -0.25) is 9.69 Å². The Labute approximate surface area is 152 Å². The molecule has 2 aliphatic rings. The standard InChI is InChI=1S/C20H24N2O2S/c1-24-17-6-4-15(5-7-17)20(14-2-3-14)21-19(23)13-22-10-8-18-16(12-22)9-11-25-18/h4-7,9,11,14,20H,2-3,8,10,12-13H2,1H3,(H,21,23). The number of rotatable bonds is 6. The van der Waals surface area contributed by atoms with Crippen LogP contribution in [0.15, 0.2) is 35.7 Å². The van der Waals surface area contributed by atoms with Crippen molar-refractivity contribution in [3.05, 3.63) is 51.7 Å². The molecule has 1 aliphatic heterocycles. The molecule has 0 spiro atoms. The molecular weight excluding hydrogens is 332 g/mol. The fourth-order valence-corrected chi connectivity index (χ4v) is 4.47. The Morgan fingerprint density at radius 3 is 2.84 bits per heavy atom. The monoisotopic (exact) mass is 356 g/mol. The number of nitrogens with zero attached hydrogens (tertiary/aromatic N) is 1. The lowest BCUT2D eigenvalue weighted by molar-refractivity contribution is -0.123. The molecule has 1 aromatic heterocycles. The quantitative estimate of drug-likeness (QED) is 0.863. The van der Waals surface area contributed by atoms with Crippen LogP contribution in [0.2, 0.25) is 0 Å². The van der Waals surface area contributed by atoms with E-state index in [-0.39, 0.29) is 11.9 Å². The van der Waals surface area contributed by atoms with E-state index in [0.717, 1.165) is 25.3 Å². The molecule has 0 radical (unpaired) electrons. The summed E-state index contributed by atoms with van der Waals surface area (Å²) in [6, 6.07) is 10.4. The first-order valence-corrected chi connectivity index (χ1v) is 9.82. The number of amides is 1. The van der Waals surface area contributed by atoms with Crippen molar-refractivity contribution in [1.29, 1.82) is 0 Å². The zero-order chi connectivity index (χ0) is 17.2. The normalized spacial score (nSPS) is 18.4. The van der Waals surface area contributed by atoms with Crippen molar-refractivity contribution in [2.75, 3.05) is 20.2 Å². The minimum atomic E-state index is 0.125. The van der Waals surface area contributed by atoms with Gasteiger partial charge in [-0.25, -0.2) is 0 Å². The van der Waals surface area contributed by atoms with Gasteiger partial charge in [-0.1, -0.05) is 12.1 Å². The maximum Gasteiger partial charge on any atom is 0.234 e. The van der Waals surface area contributed by atoms with E-state index in [9.17, 15) is 4.79 Å². The van der Waals surface area contributed by atoms with E-state index in [1.54, 1.807) is 7.11 Å². The van der Waals surface area contributed by atoms with Crippen LogP contribution in [0.4, 0.5) is 0 Å². The average molecular weight is 356 g/mol. The Bertz CT molecular complexity index is 736. The number of nitrogens with one attached hydrogen (secondary N) is 1. The van der Waals surface area contributed by atoms with Crippen LogP contribution < -0.4 is 10.1 Å². The maximum atomic E-state index is 12.6. The predicted molar refractivity (Wildman–Crippen MR) is 99.9 cm³/mol. The Morgan fingerprint density at radius 1 is 1.32 bits per heavy atom. The van der Waals surface area contributed by atoms with Gasteiger partial charge >= 0.3 is 0 Å². The van der Waals surface area contributed by atoms with Crippen molar-refractivity contribution < 1.29 is 9.53 Å². The summed E-state index contributed by atoms with van der Waals surface area (Å²) in [4.78, 5) is 16.4. The van der Waals surface area contributed by atoms with Crippen LogP contribution in [0.1, 0.15) is 34.9 Å². The number of hydrogen-bond donors (Lipinski definition) is 1. The molecule has 1 atom stereocenters. The first-order valence-electron chi connectivity index (χ1n) is 8.94. The highest BCUT2D eigenvalue weighted by Gasteiger charge is 2.33. The third-order valence-corrected chi connectivity index (χ3v) is 6.16. The van der Waals surface area contributed by atoms with Crippen LogP contribution in [0.3, 0.4) is 0 Å². The number of hydrogen-bond acceptors (Lipinski definition) is 4. The number of methoxy groups -OCH3 is 1. The molecular formula is C20H24N2O2S. The van der Waals surface area contributed by atoms with E-state index < -0.39 is 0 Å². The summed E-state index contributed by atoms with van der Waals surface area (Å²) in [5.41, 5.74) is 2.56. The summed E-state index contributed by atoms with van der Waals surface area (Å²) in [5, 5.41) is 5.43. The predicted octanol–water partition coefficient (Wildman–Crippen LogP) is 3.38. The molecule has 4 rings (SSSR count). The second-order valence-corrected chi connectivity index (χ2v) is 7.99. The molecule has 1 aromatic carbocycles. The fraction of sp³-hybridized carbons (Fsp3) is 0.450. The molecule has 1 saturated carbocycles. The summed E-state index contributed by atoms with van der Waals surface area (Å²) in [7, 11) is 1.67. The van der Waals surface area contributed by atoms with Gasteiger partial charge in [0.25, 0.3) is 0 Å². The second kappa shape index (κ2) is 7.18. The summed E-state index contributed by atoms with van der Waals surface area (Å²) in [5.74, 6) is 1.55. The van der Waals surface area contributed by atoms with Crippen molar-refractivity contribution in [3.8, 4) is 5.75 Å². The largest absolute Gasteiger partial charge is 0.497 e. The minimum Gasteiger partial charge on any atom is -0.497 e. The lowest BCUT2D eigenvalue weighted by Crippen LogP contribution is -2.41. The first-order chi connectivity index (χ1) is 12.2. The zero-order valence-electron chi connectivity index (χ0n) is 14.5. The number of carbonyl (C=O) groups excluding carboxylic acids is 1. The summed E-state index contributed by atoms with van der Waals surface area (Å²) in [6.45, 7) is 2.34. The number of carbonyl (C=O) groups is 1. The van der Waals surface area contributed by atoms with Gasteiger partial charge in [0.05, 0.1) is 19.7 Å². The Kier molecular flexibility index (Phi) is 4.77. The lowest BCUT2D eigenvalue weighted by atomic mass is 10.0. The zero-order valence-corrected chi connectivity index (χ0v) is 15.3. The molecule has 2 aromatic rings. The van der Waals surface area contributed by atoms with Gasteiger partial charge in [-0.05, 0) is 59.9 Å². The molecule has 4 nitrogen and oxygen atoms in total. The van der Waals surface area contributed by atoms with Crippen LogP contribution in [0, 0.1) is 5.92 Å². The lowest BCUT2D eigenvalue weighted by Gasteiger charge is -2.27. The van der Waals surface area contributed by atoms with Crippen molar-refractivity contribution in [2.24, 2.45) is 5.92 Å². The van der Waals surface area contributed by atoms with Crippen molar-refractivity contribution in [1.82, 2.24) is 10.2 Å². The van der Waals surface area contributed by atoms with Crippen LogP contribution in [-0.4, -0.2) is 31.0 Å². The van der Waals surface area contributed by atoms with E-state index in [1.807, 2.05) is 23.5 Å². The van der Waals surface area contributed by atoms with Gasteiger partial charge in [0.2, 0.25) is 5.91 Å². The molecule has 5 heteroatoms. The molecule has 1 unspecified atom stereocenters. The Balaban J connectivity index is 1.38. The smallest absolute Gasteiger partial charge is 0.234 e. The van der Waals surface area contributed by atoms with E-state index in [0.29, 0.717) is 12.5 Å². The van der Waals surface area contributed by atoms with Gasteiger partial charge in [0.1, 0.15) is 5.75 Å². The molecule has 2 heterocycles. The van der Waals surface area contributed by atoms with Crippen molar-refractivity contribution in [3.63, 3.8) is 0 Å². The van der Waals surface area contributed by atoms with Crippen molar-refractivity contribution >= 4 is 17.2 Å². The van der Waals surface area contributed by atoms with Gasteiger partial charge in [0, 0.05) is 18.0 Å². The van der Waals surface area contributed by atoms with E-state index in [2.05, 4.69) is 33.8 Å². The van der Waals surface area contributed by atoms with Crippen LogP contribution >= 0.6 is 11.3 Å². The fourth-order valence-electron chi connectivity index (χ4n) is 3.58. The van der Waals surface area contributed by atoms with E-state index >= 15 is 0 Å². The van der Waals surface area contributed by atoms with Crippen LogP contribution in [-0.2, 0) is 17.8 Å². The molecule has 132 valence electrons. The molecule has 25 heavy (non-hydrogen) atoms.